The van der Waals surface area contributed by atoms with Crippen LogP contribution in [0.4, 0.5) is 0 Å². The number of hydrogen-bond donors (Lipinski definition) is 5. The minimum Gasteiger partial charge on any atom is -0.378 e. The summed E-state index contributed by atoms with van der Waals surface area (Å²) in [5, 5.41) is 10.6. The second-order valence-corrected chi connectivity index (χ2v) is 8.45. The SMILES string of the molecule is CCNC(=O)COCCOCCNC(=O)COCCOCCNC(=O)COCCOCCNC(=O)COCCOCCN. The standard InChI is InChI=1S/C26H51N5O12/c1-2-28-23(32)19-40-16-12-37-8-4-30-25(34)21-42-18-14-39-10-6-31-26(35)22-43-17-13-38-9-5-29-24(33)20-41-15-11-36-7-3-27/h2-22,27H2,1H3,(H,28,32)(H,29,33)(H,30,34)(H,31,35). The zero-order valence-corrected chi connectivity index (χ0v) is 25.3. The van der Waals surface area contributed by atoms with Crippen LogP contribution in [0.3, 0.4) is 0 Å². The van der Waals surface area contributed by atoms with E-state index in [1.165, 1.54) is 0 Å². The predicted octanol–water partition coefficient (Wildman–Crippen LogP) is -3.44. The highest BCUT2D eigenvalue weighted by atomic mass is 16.5. The second kappa shape index (κ2) is 32.4. The molecular weight excluding hydrogens is 574 g/mol. The maximum absolute atomic E-state index is 11.7. The van der Waals surface area contributed by atoms with E-state index in [-0.39, 0.29) is 89.7 Å². The van der Waals surface area contributed by atoms with Crippen LogP contribution in [0.25, 0.3) is 0 Å². The van der Waals surface area contributed by atoms with Crippen molar-refractivity contribution < 1.29 is 57.1 Å². The Kier molecular flexibility index (Phi) is 30.6. The summed E-state index contributed by atoms with van der Waals surface area (Å²) in [7, 11) is 0. The van der Waals surface area contributed by atoms with Crippen molar-refractivity contribution in [2.75, 3.05) is 138 Å². The van der Waals surface area contributed by atoms with Crippen molar-refractivity contribution in [1.29, 1.82) is 0 Å². The normalized spacial score (nSPS) is 10.8. The highest BCUT2D eigenvalue weighted by Crippen LogP contribution is 1.84. The van der Waals surface area contributed by atoms with Crippen molar-refractivity contribution in [3.8, 4) is 0 Å². The Morgan fingerprint density at radius 1 is 0.419 bits per heavy atom. The third-order valence-corrected chi connectivity index (χ3v) is 4.76. The zero-order valence-electron chi connectivity index (χ0n) is 25.3. The number of ether oxygens (including phenoxy) is 8. The number of nitrogens with one attached hydrogen (secondary N) is 4. The van der Waals surface area contributed by atoms with Gasteiger partial charge in [-0.2, -0.15) is 0 Å². The van der Waals surface area contributed by atoms with Crippen molar-refractivity contribution in [2.45, 2.75) is 6.92 Å². The third kappa shape index (κ3) is 32.3. The molecule has 43 heavy (non-hydrogen) atoms. The van der Waals surface area contributed by atoms with E-state index in [9.17, 15) is 19.2 Å². The molecule has 4 amide bonds. The van der Waals surface area contributed by atoms with Gasteiger partial charge < -0.3 is 64.9 Å². The average molecular weight is 626 g/mol. The fourth-order valence-electron chi connectivity index (χ4n) is 2.81. The van der Waals surface area contributed by atoms with Crippen LogP contribution in [0.2, 0.25) is 0 Å². The van der Waals surface area contributed by atoms with Crippen molar-refractivity contribution in [3.05, 3.63) is 0 Å². The molecule has 0 aliphatic heterocycles. The van der Waals surface area contributed by atoms with Gasteiger partial charge >= 0.3 is 0 Å². The molecule has 0 aliphatic carbocycles. The minimum absolute atomic E-state index is 0.00639. The van der Waals surface area contributed by atoms with Gasteiger partial charge in [-0.15, -0.1) is 0 Å². The molecule has 0 heterocycles. The lowest BCUT2D eigenvalue weighted by Gasteiger charge is -2.09. The van der Waals surface area contributed by atoms with Crippen LogP contribution in [0.15, 0.2) is 0 Å². The lowest BCUT2D eigenvalue weighted by atomic mass is 10.5. The van der Waals surface area contributed by atoms with Gasteiger partial charge in [0.2, 0.25) is 23.6 Å². The highest BCUT2D eigenvalue weighted by molar-refractivity contribution is 5.78. The zero-order chi connectivity index (χ0) is 31.6. The molecule has 6 N–H and O–H groups in total. The number of hydrogen-bond acceptors (Lipinski definition) is 13. The van der Waals surface area contributed by atoms with Crippen LogP contribution < -0.4 is 27.0 Å². The van der Waals surface area contributed by atoms with E-state index in [4.69, 9.17) is 43.6 Å². The number of carbonyl (C=O) groups excluding carboxylic acids is 4. The molecule has 0 spiro atoms. The van der Waals surface area contributed by atoms with Crippen molar-refractivity contribution in [2.24, 2.45) is 5.73 Å². The van der Waals surface area contributed by atoms with Gasteiger partial charge in [0.1, 0.15) is 26.4 Å². The van der Waals surface area contributed by atoms with E-state index in [1.54, 1.807) is 0 Å². The molecule has 17 heteroatoms. The number of carbonyl (C=O) groups is 4. The van der Waals surface area contributed by atoms with Gasteiger partial charge in [-0.05, 0) is 6.92 Å². The topological polar surface area (TPSA) is 216 Å². The van der Waals surface area contributed by atoms with Gasteiger partial charge in [0.05, 0.1) is 79.3 Å². The van der Waals surface area contributed by atoms with Gasteiger partial charge in [-0.3, -0.25) is 19.2 Å². The first-order valence-electron chi connectivity index (χ1n) is 14.4. The minimum atomic E-state index is -0.284. The molecule has 0 aromatic carbocycles. The molecule has 0 unspecified atom stereocenters. The Hall–Kier alpha value is -2.48. The first-order chi connectivity index (χ1) is 21.0. The first kappa shape index (κ1) is 40.5. The fraction of sp³-hybridized carbons (Fsp3) is 0.846. The quantitative estimate of drug-likeness (QED) is 0.0461. The molecule has 0 aromatic rings. The van der Waals surface area contributed by atoms with Crippen LogP contribution in [0.1, 0.15) is 6.92 Å². The van der Waals surface area contributed by atoms with Crippen molar-refractivity contribution in [1.82, 2.24) is 21.3 Å². The number of nitrogens with two attached hydrogens (primary N) is 1. The monoisotopic (exact) mass is 625 g/mol. The molecule has 0 fully saturated rings. The fourth-order valence-corrected chi connectivity index (χ4v) is 2.81. The van der Waals surface area contributed by atoms with Crippen LogP contribution in [-0.2, 0) is 57.1 Å². The van der Waals surface area contributed by atoms with Gasteiger partial charge in [0.25, 0.3) is 0 Å². The number of amides is 4. The van der Waals surface area contributed by atoms with Crippen LogP contribution in [0.5, 0.6) is 0 Å². The summed E-state index contributed by atoms with van der Waals surface area (Å²) in [6.45, 7) is 7.23. The van der Waals surface area contributed by atoms with E-state index in [2.05, 4.69) is 21.3 Å². The Balaban J connectivity index is 3.34. The van der Waals surface area contributed by atoms with Gasteiger partial charge in [0.15, 0.2) is 0 Å². The first-order valence-corrected chi connectivity index (χ1v) is 14.4. The Morgan fingerprint density at radius 2 is 0.698 bits per heavy atom. The molecule has 0 aliphatic rings. The Bertz CT molecular complexity index is 705. The molecule has 0 saturated heterocycles. The largest absolute Gasteiger partial charge is 0.378 e. The molecule has 0 rings (SSSR count). The molecule has 252 valence electrons. The molecule has 17 nitrogen and oxygen atoms in total. The molecule has 0 bridgehead atoms. The molecular formula is C26H51N5O12. The Morgan fingerprint density at radius 3 is 1.00 bits per heavy atom. The van der Waals surface area contributed by atoms with Gasteiger partial charge in [0, 0.05) is 32.7 Å². The van der Waals surface area contributed by atoms with Crippen molar-refractivity contribution in [3.63, 3.8) is 0 Å². The van der Waals surface area contributed by atoms with Gasteiger partial charge in [-0.1, -0.05) is 0 Å². The smallest absolute Gasteiger partial charge is 0.246 e. The summed E-state index contributed by atoms with van der Waals surface area (Å²) in [6, 6.07) is 0. The highest BCUT2D eigenvalue weighted by Gasteiger charge is 2.04. The summed E-state index contributed by atoms with van der Waals surface area (Å²) in [4.78, 5) is 46.2. The van der Waals surface area contributed by atoms with Crippen LogP contribution >= 0.6 is 0 Å². The third-order valence-electron chi connectivity index (χ3n) is 4.76. The molecule has 0 saturated carbocycles. The van der Waals surface area contributed by atoms with E-state index in [0.29, 0.717) is 72.4 Å². The van der Waals surface area contributed by atoms with Gasteiger partial charge in [-0.25, -0.2) is 0 Å². The molecule has 0 aromatic heterocycles. The maximum atomic E-state index is 11.7. The van der Waals surface area contributed by atoms with Crippen LogP contribution in [-0.4, -0.2) is 162 Å². The average Bonchev–Trinajstić information content (AvgIpc) is 2.99. The summed E-state index contributed by atoms with van der Waals surface area (Å²) < 4.78 is 41.9. The summed E-state index contributed by atoms with van der Waals surface area (Å²) in [5.41, 5.74) is 5.29. The van der Waals surface area contributed by atoms with E-state index in [1.807, 2.05) is 6.92 Å². The lowest BCUT2D eigenvalue weighted by molar-refractivity contribution is -0.128. The summed E-state index contributed by atoms with van der Waals surface area (Å²) >= 11 is 0. The lowest BCUT2D eigenvalue weighted by Crippen LogP contribution is -2.32. The van der Waals surface area contributed by atoms with Crippen LogP contribution in [0, 0.1) is 0 Å². The van der Waals surface area contributed by atoms with E-state index < -0.39 is 0 Å². The van der Waals surface area contributed by atoms with E-state index >= 15 is 0 Å². The van der Waals surface area contributed by atoms with Crippen molar-refractivity contribution >= 4 is 23.6 Å². The Labute approximate surface area is 253 Å². The molecule has 0 radical (unpaired) electrons. The maximum Gasteiger partial charge on any atom is 0.246 e. The predicted molar refractivity (Wildman–Crippen MR) is 153 cm³/mol. The number of rotatable bonds is 32. The second-order valence-electron chi connectivity index (χ2n) is 8.45. The summed E-state index contributed by atoms with van der Waals surface area (Å²) in [6.07, 6.45) is 0. The summed E-state index contributed by atoms with van der Waals surface area (Å²) in [5.74, 6) is -0.978. The molecule has 0 atom stereocenters. The van der Waals surface area contributed by atoms with E-state index in [0.717, 1.165) is 0 Å². The number of likely N-dealkylation sites (N-methyl/N-ethyl adjacent to an activating group) is 1.